The average molecular weight is 1080 g/mol. The maximum atomic E-state index is 15.2. The van der Waals surface area contributed by atoms with Gasteiger partial charge in [-0.2, -0.15) is 0 Å². The van der Waals surface area contributed by atoms with Crippen LogP contribution in [-0.4, -0.2) is 221 Å². The summed E-state index contributed by atoms with van der Waals surface area (Å²) in [5.41, 5.74) is 0.745. The number of esters is 1. The van der Waals surface area contributed by atoms with Crippen LogP contribution in [-0.2, 0) is 42.7 Å². The molecule has 0 aromatic carbocycles. The number of aliphatic hydroxyl groups is 13. The zero-order chi connectivity index (χ0) is 54.6. The van der Waals surface area contributed by atoms with Crippen LogP contribution in [0.3, 0.4) is 0 Å². The predicted octanol–water partition coefficient (Wildman–Crippen LogP) is -1.25. The summed E-state index contributed by atoms with van der Waals surface area (Å²) in [6.45, 7) is 13.2. The molecule has 27 atom stereocenters. The Balaban J connectivity index is 0.920. The van der Waals surface area contributed by atoms with Gasteiger partial charge in [0.15, 0.2) is 25.0 Å². The molecule has 0 aromatic rings. The Morgan fingerprint density at radius 2 is 1.13 bits per heavy atom. The van der Waals surface area contributed by atoms with Crippen molar-refractivity contribution in [2.45, 2.75) is 248 Å². The van der Waals surface area contributed by atoms with Crippen molar-refractivity contribution < 1.29 is 109 Å². The van der Waals surface area contributed by atoms with Crippen LogP contribution in [0, 0.1) is 44.8 Å². The van der Waals surface area contributed by atoms with Crippen molar-refractivity contribution in [3.05, 3.63) is 11.1 Å². The normalized spacial score (nSPS) is 52.7. The molecule has 0 bridgehead atoms. The van der Waals surface area contributed by atoms with E-state index in [4.69, 9.17) is 37.9 Å². The molecule has 75 heavy (non-hydrogen) atoms. The van der Waals surface area contributed by atoms with Crippen LogP contribution in [0.15, 0.2) is 11.1 Å². The molecule has 0 radical (unpaired) electrons. The molecule has 0 spiro atoms. The Bertz CT molecular complexity index is 2060. The van der Waals surface area contributed by atoms with Crippen molar-refractivity contribution in [3.63, 3.8) is 0 Å². The van der Waals surface area contributed by atoms with Crippen molar-refractivity contribution in [3.8, 4) is 0 Å². The number of rotatable bonds is 11. The standard InChI is InChI=1S/C53H86O22/c1-22-32(56)36(60)40(64)44(69-22)68-21-28-35(59)38(62)41(65)45(72-28)73-31-12-14-52(7)29(50(31,4)5)11-13-51(6)24-10-15-53(17-16-49(2,3)18-25(53)23(24)8-9-30(51)52)48(67)75-47-43(39(63)34(58)27(20-55)71-47)74-46-42(66)37(61)33(57)26(19-54)70-46/h22,25-47,54-66H,8-21H2,1-7H3/t22-,25+,26-,27-,28-,29?,30?,31+,32-,33-,34-,35-,36+,37+,38+,39+,40-,41-,42-,43-,44-,45+,46+,47+,51+,52+,53-/m1/s1. The Morgan fingerprint density at radius 3 is 1.79 bits per heavy atom. The van der Waals surface area contributed by atoms with Gasteiger partial charge < -0.3 is 104 Å². The highest BCUT2D eigenvalue weighted by molar-refractivity contribution is 5.79. The summed E-state index contributed by atoms with van der Waals surface area (Å²) in [4.78, 5) is 15.2. The first-order valence-corrected chi connectivity index (χ1v) is 27.3. The smallest absolute Gasteiger partial charge is 0.315 e. The molecule has 22 heteroatoms. The van der Waals surface area contributed by atoms with Crippen molar-refractivity contribution >= 4 is 5.97 Å². The van der Waals surface area contributed by atoms with E-state index in [2.05, 4.69) is 41.5 Å². The zero-order valence-electron chi connectivity index (χ0n) is 44.2. The van der Waals surface area contributed by atoms with Crippen LogP contribution in [0.4, 0.5) is 0 Å². The Hall–Kier alpha value is -1.59. The lowest BCUT2D eigenvalue weighted by Gasteiger charge is -2.67. The third-order valence-corrected chi connectivity index (χ3v) is 20.5. The van der Waals surface area contributed by atoms with Crippen LogP contribution in [0.1, 0.15) is 119 Å². The summed E-state index contributed by atoms with van der Waals surface area (Å²) in [5.74, 6) is -0.338. The highest BCUT2D eigenvalue weighted by Gasteiger charge is 2.66. The minimum atomic E-state index is -1.87. The van der Waals surface area contributed by atoms with Crippen molar-refractivity contribution in [1.29, 1.82) is 0 Å². The van der Waals surface area contributed by atoms with Crippen molar-refractivity contribution in [2.24, 2.45) is 44.8 Å². The van der Waals surface area contributed by atoms with Crippen LogP contribution in [0.5, 0.6) is 0 Å². The molecule has 7 fully saturated rings. The third-order valence-electron chi connectivity index (χ3n) is 20.5. The minimum absolute atomic E-state index is 0.123. The van der Waals surface area contributed by atoms with Gasteiger partial charge >= 0.3 is 5.97 Å². The molecule has 4 aliphatic heterocycles. The predicted molar refractivity (Wildman–Crippen MR) is 257 cm³/mol. The van der Waals surface area contributed by atoms with E-state index in [-0.39, 0.29) is 34.0 Å². The van der Waals surface area contributed by atoms with Crippen LogP contribution >= 0.6 is 0 Å². The number of hydrogen-bond donors (Lipinski definition) is 13. The maximum absolute atomic E-state index is 15.2. The first-order valence-electron chi connectivity index (χ1n) is 27.3. The van der Waals surface area contributed by atoms with Gasteiger partial charge in [0.2, 0.25) is 6.29 Å². The molecule has 2 unspecified atom stereocenters. The molecule has 4 heterocycles. The molecule has 22 nitrogen and oxygen atoms in total. The van der Waals surface area contributed by atoms with Gasteiger partial charge in [0.1, 0.15) is 85.5 Å². The van der Waals surface area contributed by atoms with E-state index in [1.54, 1.807) is 0 Å². The summed E-state index contributed by atoms with van der Waals surface area (Å²) in [6, 6.07) is 0. The van der Waals surface area contributed by atoms with Gasteiger partial charge in [-0.3, -0.25) is 4.79 Å². The lowest BCUT2D eigenvalue weighted by atomic mass is 9.38. The fourth-order valence-corrected chi connectivity index (χ4v) is 16.0. The summed E-state index contributed by atoms with van der Waals surface area (Å²) >= 11 is 0. The number of fused-ring (bicyclic) bond motifs is 6. The van der Waals surface area contributed by atoms with Crippen LogP contribution in [0.2, 0.25) is 0 Å². The summed E-state index contributed by atoms with van der Waals surface area (Å²) in [5, 5.41) is 138. The fourth-order valence-electron chi connectivity index (χ4n) is 16.0. The molecule has 9 rings (SSSR count). The van der Waals surface area contributed by atoms with Crippen molar-refractivity contribution in [2.75, 3.05) is 19.8 Å². The number of hydrogen-bond acceptors (Lipinski definition) is 22. The fraction of sp³-hybridized carbons (Fsp3) is 0.943. The van der Waals surface area contributed by atoms with E-state index in [1.807, 2.05) is 0 Å². The lowest BCUT2D eigenvalue weighted by molar-refractivity contribution is -0.363. The second-order valence-corrected chi connectivity index (χ2v) is 25.6. The number of allylic oxidation sites excluding steroid dienone is 2. The Kier molecular flexibility index (Phi) is 16.6. The van der Waals surface area contributed by atoms with Gasteiger partial charge in [0.05, 0.1) is 37.4 Å². The van der Waals surface area contributed by atoms with Gasteiger partial charge in [-0.25, -0.2) is 0 Å². The molecule has 0 aromatic heterocycles. The highest BCUT2D eigenvalue weighted by Crippen LogP contribution is 2.72. The van der Waals surface area contributed by atoms with Gasteiger partial charge in [0.25, 0.3) is 0 Å². The van der Waals surface area contributed by atoms with E-state index < -0.39 is 166 Å². The van der Waals surface area contributed by atoms with Gasteiger partial charge in [-0.1, -0.05) is 52.7 Å². The number of aliphatic hydroxyl groups excluding tert-OH is 13. The molecule has 5 aliphatic carbocycles. The highest BCUT2D eigenvalue weighted by atomic mass is 16.8. The number of carbonyl (C=O) groups excluding carboxylic acids is 1. The summed E-state index contributed by atoms with van der Waals surface area (Å²) < 4.78 is 47.8. The third kappa shape index (κ3) is 9.90. The van der Waals surface area contributed by atoms with E-state index >= 15 is 4.79 Å². The van der Waals surface area contributed by atoms with E-state index in [1.165, 1.54) is 18.1 Å². The van der Waals surface area contributed by atoms with E-state index in [9.17, 15) is 66.4 Å². The van der Waals surface area contributed by atoms with E-state index in [0.717, 1.165) is 38.5 Å². The number of carbonyl (C=O) groups is 1. The average Bonchev–Trinajstić information content (AvgIpc) is 3.36. The maximum Gasteiger partial charge on any atom is 0.315 e. The molecule has 3 saturated carbocycles. The molecular formula is C53H86O22. The molecule has 13 N–H and O–H groups in total. The second-order valence-electron chi connectivity index (χ2n) is 25.6. The van der Waals surface area contributed by atoms with Crippen molar-refractivity contribution in [1.82, 2.24) is 0 Å². The van der Waals surface area contributed by atoms with Gasteiger partial charge in [0, 0.05) is 0 Å². The SMILES string of the molecule is C[C@H]1O[C@@H](OC[C@H]2O[C@@H](O[C@H]3CC[C@@]4(C)C(CC[C@@]5(C)C6=C(CCC45)[C@@H]4CC(C)(C)CC[C@]4(C(=O)O[C@@H]4O[C@H](CO)[C@@H](O)[C@H](O)[C@H]4O[C@@H]4O[C@H](CO)[C@@H](O)[C@H](O)[C@H]4O)CC6)C3(C)C)[C@H](O)[C@@H](O)[C@@H]2O)[C@H](O)[C@@H](O)[C@@H]1O. The quantitative estimate of drug-likeness (QED) is 0.0653. The Morgan fingerprint density at radius 1 is 0.560 bits per heavy atom. The second kappa shape index (κ2) is 21.4. The molecule has 430 valence electrons. The summed E-state index contributed by atoms with van der Waals surface area (Å²) in [7, 11) is 0. The minimum Gasteiger partial charge on any atom is -0.432 e. The van der Waals surface area contributed by atoms with Crippen LogP contribution < -0.4 is 0 Å². The largest absolute Gasteiger partial charge is 0.432 e. The topological polar surface area (TPSA) is 354 Å². The van der Waals surface area contributed by atoms with E-state index in [0.29, 0.717) is 32.1 Å². The first kappa shape index (κ1) is 58.1. The zero-order valence-corrected chi connectivity index (χ0v) is 44.2. The van der Waals surface area contributed by atoms with Crippen LogP contribution in [0.25, 0.3) is 0 Å². The van der Waals surface area contributed by atoms with Gasteiger partial charge in [-0.15, -0.1) is 0 Å². The van der Waals surface area contributed by atoms with Gasteiger partial charge in [-0.05, 0) is 117 Å². The number of ether oxygens (including phenoxy) is 8. The Labute approximate surface area is 437 Å². The summed E-state index contributed by atoms with van der Waals surface area (Å²) in [6.07, 6.45) is -23.4. The molecular weight excluding hydrogens is 989 g/mol. The first-order chi connectivity index (χ1) is 35.1. The molecule has 0 amide bonds. The monoisotopic (exact) mass is 1070 g/mol. The molecule has 4 saturated heterocycles. The molecule has 9 aliphatic rings. The lowest BCUT2D eigenvalue weighted by Crippen LogP contribution is -2.65.